The van der Waals surface area contributed by atoms with Crippen molar-refractivity contribution in [2.75, 3.05) is 38.8 Å². The van der Waals surface area contributed by atoms with Crippen LogP contribution >= 0.6 is 11.8 Å². The highest BCUT2D eigenvalue weighted by Gasteiger charge is 2.13. The number of amides is 1. The molecule has 0 saturated carbocycles. The molecule has 1 aromatic carbocycles. The molecule has 1 heterocycles. The standard InChI is InChI=1S/C15H21N5OS/c1-18(2)12-8-6-11(7-9-12)14-16-17-15(20(14)5)22-10-13(21)19(3)4/h6-9H,10H2,1-5H3. The average molecular weight is 319 g/mol. The number of hydrogen-bond donors (Lipinski definition) is 0. The first-order valence-corrected chi connectivity index (χ1v) is 7.89. The van der Waals surface area contributed by atoms with Crippen molar-refractivity contribution < 1.29 is 4.79 Å². The molecule has 0 aliphatic rings. The fourth-order valence-electron chi connectivity index (χ4n) is 1.86. The van der Waals surface area contributed by atoms with Gasteiger partial charge in [0.15, 0.2) is 11.0 Å². The number of aromatic nitrogens is 3. The fourth-order valence-corrected chi connectivity index (χ4v) is 2.75. The second-order valence-electron chi connectivity index (χ2n) is 5.38. The Bertz CT molecular complexity index is 648. The van der Waals surface area contributed by atoms with Crippen molar-refractivity contribution in [3.63, 3.8) is 0 Å². The highest BCUT2D eigenvalue weighted by molar-refractivity contribution is 7.99. The van der Waals surface area contributed by atoms with Crippen LogP contribution in [0.5, 0.6) is 0 Å². The first-order valence-electron chi connectivity index (χ1n) is 6.90. The van der Waals surface area contributed by atoms with E-state index in [0.717, 1.165) is 22.2 Å². The van der Waals surface area contributed by atoms with Gasteiger partial charge in [-0.3, -0.25) is 4.79 Å². The maximum absolute atomic E-state index is 11.6. The van der Waals surface area contributed by atoms with Crippen LogP contribution in [0.2, 0.25) is 0 Å². The third kappa shape index (κ3) is 3.59. The molecule has 0 aliphatic carbocycles. The van der Waals surface area contributed by atoms with Gasteiger partial charge in [0.1, 0.15) is 0 Å². The highest BCUT2D eigenvalue weighted by Crippen LogP contribution is 2.24. The minimum absolute atomic E-state index is 0.0601. The van der Waals surface area contributed by atoms with Crippen molar-refractivity contribution in [2.24, 2.45) is 7.05 Å². The molecule has 0 radical (unpaired) electrons. The van der Waals surface area contributed by atoms with Gasteiger partial charge in [0.2, 0.25) is 5.91 Å². The van der Waals surface area contributed by atoms with Crippen molar-refractivity contribution in [2.45, 2.75) is 5.16 Å². The van der Waals surface area contributed by atoms with Gasteiger partial charge in [-0.15, -0.1) is 10.2 Å². The lowest BCUT2D eigenvalue weighted by molar-refractivity contribution is -0.125. The van der Waals surface area contributed by atoms with Gasteiger partial charge in [0, 0.05) is 46.5 Å². The van der Waals surface area contributed by atoms with Crippen molar-refractivity contribution >= 4 is 23.4 Å². The lowest BCUT2D eigenvalue weighted by Gasteiger charge is -2.12. The van der Waals surface area contributed by atoms with E-state index in [-0.39, 0.29) is 5.91 Å². The van der Waals surface area contributed by atoms with Crippen LogP contribution in [0.1, 0.15) is 0 Å². The summed E-state index contributed by atoms with van der Waals surface area (Å²) in [5.41, 5.74) is 2.14. The second-order valence-corrected chi connectivity index (χ2v) is 6.33. The maximum Gasteiger partial charge on any atom is 0.232 e. The number of hydrogen-bond acceptors (Lipinski definition) is 5. The van der Waals surface area contributed by atoms with E-state index >= 15 is 0 Å². The molecule has 1 amide bonds. The molecule has 0 aliphatic heterocycles. The summed E-state index contributed by atoms with van der Waals surface area (Å²) in [6.07, 6.45) is 0. The topological polar surface area (TPSA) is 54.3 Å². The number of carbonyl (C=O) groups is 1. The maximum atomic E-state index is 11.6. The molecule has 1 aromatic heterocycles. The minimum atomic E-state index is 0.0601. The van der Waals surface area contributed by atoms with Crippen LogP contribution in [0.3, 0.4) is 0 Å². The summed E-state index contributed by atoms with van der Waals surface area (Å²) >= 11 is 1.40. The molecule has 7 heteroatoms. The largest absolute Gasteiger partial charge is 0.378 e. The molecule has 2 aromatic rings. The molecule has 0 atom stereocenters. The predicted molar refractivity (Wildman–Crippen MR) is 90.2 cm³/mol. The van der Waals surface area contributed by atoms with Crippen molar-refractivity contribution in [3.05, 3.63) is 24.3 Å². The summed E-state index contributed by atoms with van der Waals surface area (Å²) < 4.78 is 1.91. The number of rotatable bonds is 5. The molecule has 0 spiro atoms. The number of nitrogens with zero attached hydrogens (tertiary/aromatic N) is 5. The van der Waals surface area contributed by atoms with E-state index in [0.29, 0.717) is 5.75 Å². The molecular formula is C15H21N5OS. The zero-order valence-corrected chi connectivity index (χ0v) is 14.4. The van der Waals surface area contributed by atoms with E-state index in [1.54, 1.807) is 19.0 Å². The lowest BCUT2D eigenvalue weighted by Crippen LogP contribution is -2.23. The number of thioether (sulfide) groups is 1. The Hall–Kier alpha value is -2.02. The molecule has 0 N–H and O–H groups in total. The third-order valence-corrected chi connectivity index (χ3v) is 4.31. The van der Waals surface area contributed by atoms with Gasteiger partial charge < -0.3 is 14.4 Å². The van der Waals surface area contributed by atoms with E-state index in [9.17, 15) is 4.79 Å². The molecule has 0 saturated heterocycles. The van der Waals surface area contributed by atoms with Gasteiger partial charge in [-0.25, -0.2) is 0 Å². The second kappa shape index (κ2) is 6.83. The number of carbonyl (C=O) groups excluding carboxylic acids is 1. The van der Waals surface area contributed by atoms with Gasteiger partial charge in [-0.2, -0.15) is 0 Å². The van der Waals surface area contributed by atoms with E-state index in [4.69, 9.17) is 0 Å². The van der Waals surface area contributed by atoms with Crippen LogP contribution in [-0.4, -0.2) is 59.5 Å². The number of benzene rings is 1. The van der Waals surface area contributed by atoms with Crippen LogP contribution in [-0.2, 0) is 11.8 Å². The highest BCUT2D eigenvalue weighted by atomic mass is 32.2. The Morgan fingerprint density at radius 1 is 1.14 bits per heavy atom. The minimum Gasteiger partial charge on any atom is -0.378 e. The molecule has 0 unspecified atom stereocenters. The molecule has 22 heavy (non-hydrogen) atoms. The van der Waals surface area contributed by atoms with Crippen LogP contribution in [0.4, 0.5) is 5.69 Å². The normalized spacial score (nSPS) is 10.6. The Morgan fingerprint density at radius 2 is 1.77 bits per heavy atom. The van der Waals surface area contributed by atoms with E-state index in [1.807, 2.05) is 50.0 Å². The SMILES string of the molecule is CN(C)C(=O)CSc1nnc(-c2ccc(N(C)C)cc2)n1C. The Labute approximate surface area is 135 Å². The van der Waals surface area contributed by atoms with Crippen LogP contribution in [0.25, 0.3) is 11.4 Å². The number of anilines is 1. The lowest BCUT2D eigenvalue weighted by atomic mass is 10.2. The van der Waals surface area contributed by atoms with Gasteiger partial charge in [0.25, 0.3) is 0 Å². The summed E-state index contributed by atoms with van der Waals surface area (Å²) in [5, 5.41) is 9.15. The van der Waals surface area contributed by atoms with E-state index < -0.39 is 0 Å². The molecule has 6 nitrogen and oxygen atoms in total. The monoisotopic (exact) mass is 319 g/mol. The molecular weight excluding hydrogens is 298 g/mol. The first-order chi connectivity index (χ1) is 10.4. The smallest absolute Gasteiger partial charge is 0.232 e. The zero-order chi connectivity index (χ0) is 16.3. The zero-order valence-electron chi connectivity index (χ0n) is 13.6. The average Bonchev–Trinajstić information content (AvgIpc) is 2.85. The third-order valence-electron chi connectivity index (χ3n) is 3.30. The van der Waals surface area contributed by atoms with Gasteiger partial charge >= 0.3 is 0 Å². The Balaban J connectivity index is 2.15. The summed E-state index contributed by atoms with van der Waals surface area (Å²) in [7, 11) is 9.42. The van der Waals surface area contributed by atoms with Crippen molar-refractivity contribution in [1.82, 2.24) is 19.7 Å². The van der Waals surface area contributed by atoms with Gasteiger partial charge in [-0.05, 0) is 24.3 Å². The van der Waals surface area contributed by atoms with Gasteiger partial charge in [-0.1, -0.05) is 11.8 Å². The summed E-state index contributed by atoms with van der Waals surface area (Å²) in [5.74, 6) is 1.22. The molecule has 118 valence electrons. The van der Waals surface area contributed by atoms with Crippen LogP contribution in [0.15, 0.2) is 29.4 Å². The van der Waals surface area contributed by atoms with E-state index in [2.05, 4.69) is 15.1 Å². The summed E-state index contributed by atoms with van der Waals surface area (Å²) in [4.78, 5) is 15.3. The van der Waals surface area contributed by atoms with E-state index in [1.165, 1.54) is 11.8 Å². The van der Waals surface area contributed by atoms with Crippen molar-refractivity contribution in [3.8, 4) is 11.4 Å². The van der Waals surface area contributed by atoms with Gasteiger partial charge in [0.05, 0.1) is 5.75 Å². The van der Waals surface area contributed by atoms with Crippen LogP contribution in [0, 0.1) is 0 Å². The fraction of sp³-hybridized carbons (Fsp3) is 0.400. The molecule has 0 fully saturated rings. The van der Waals surface area contributed by atoms with Crippen LogP contribution < -0.4 is 4.90 Å². The Morgan fingerprint density at radius 3 is 2.32 bits per heavy atom. The molecule has 0 bridgehead atoms. The Kier molecular flexibility index (Phi) is 5.07. The summed E-state index contributed by atoms with van der Waals surface area (Å²) in [6.45, 7) is 0. The molecule has 2 rings (SSSR count). The summed E-state index contributed by atoms with van der Waals surface area (Å²) in [6, 6.07) is 8.15. The quantitative estimate of drug-likeness (QED) is 0.786. The first kappa shape index (κ1) is 16.4. The van der Waals surface area contributed by atoms with Crippen molar-refractivity contribution in [1.29, 1.82) is 0 Å². The predicted octanol–water partition coefficient (Wildman–Crippen LogP) is 1.73.